The Hall–Kier alpha value is -1.39. The van der Waals surface area contributed by atoms with E-state index in [-0.39, 0.29) is 12.1 Å². The second kappa shape index (κ2) is 4.94. The molecule has 102 valence electrons. The molecule has 2 heterocycles. The summed E-state index contributed by atoms with van der Waals surface area (Å²) in [5.41, 5.74) is 8.56. The number of aryl methyl sites for hydroxylation is 1. The van der Waals surface area contributed by atoms with Crippen LogP contribution in [0, 0.1) is 5.92 Å². The average molecular weight is 259 g/mol. The fourth-order valence-electron chi connectivity index (χ4n) is 3.04. The molecule has 1 fully saturated rings. The van der Waals surface area contributed by atoms with E-state index < -0.39 is 0 Å². The highest BCUT2D eigenvalue weighted by atomic mass is 16.5. The number of aromatic nitrogens is 2. The molecule has 19 heavy (non-hydrogen) atoms. The normalized spacial score (nSPS) is 25.0. The molecule has 1 aromatic heterocycles. The van der Waals surface area contributed by atoms with Gasteiger partial charge in [0.25, 0.3) is 0 Å². The van der Waals surface area contributed by atoms with Crippen LogP contribution in [0.3, 0.4) is 0 Å². The van der Waals surface area contributed by atoms with Gasteiger partial charge in [-0.05, 0) is 18.4 Å². The lowest BCUT2D eigenvalue weighted by Gasteiger charge is -2.21. The van der Waals surface area contributed by atoms with Crippen molar-refractivity contribution in [2.75, 3.05) is 6.61 Å². The van der Waals surface area contributed by atoms with Crippen LogP contribution in [0.2, 0.25) is 0 Å². The van der Waals surface area contributed by atoms with E-state index >= 15 is 0 Å². The first kappa shape index (κ1) is 12.6. The Balaban J connectivity index is 1.85. The molecule has 1 aliphatic rings. The number of hydrogen-bond acceptors (Lipinski definition) is 3. The van der Waals surface area contributed by atoms with Gasteiger partial charge in [0.2, 0.25) is 0 Å². The summed E-state index contributed by atoms with van der Waals surface area (Å²) >= 11 is 0. The van der Waals surface area contributed by atoms with Gasteiger partial charge in [-0.15, -0.1) is 0 Å². The third kappa shape index (κ3) is 2.26. The summed E-state index contributed by atoms with van der Waals surface area (Å²) in [5.74, 6) is 0.546. The first-order valence-corrected chi connectivity index (χ1v) is 6.94. The molecule has 4 heteroatoms. The Morgan fingerprint density at radius 2 is 2.26 bits per heavy atom. The Morgan fingerprint density at radius 3 is 3.00 bits per heavy atom. The fraction of sp³-hybridized carbons (Fsp3) is 0.533. The van der Waals surface area contributed by atoms with Gasteiger partial charge in [-0.3, -0.25) is 4.68 Å². The molecule has 0 amide bonds. The van der Waals surface area contributed by atoms with Crippen LogP contribution in [0.5, 0.6) is 0 Å². The van der Waals surface area contributed by atoms with E-state index in [2.05, 4.69) is 24.2 Å². The van der Waals surface area contributed by atoms with Gasteiger partial charge in [-0.2, -0.15) is 5.10 Å². The molecular formula is C15H21N3O. The van der Waals surface area contributed by atoms with Crippen molar-refractivity contribution in [2.24, 2.45) is 18.7 Å². The number of ether oxygens (including phenoxy) is 1. The van der Waals surface area contributed by atoms with Gasteiger partial charge in [0.15, 0.2) is 0 Å². The average Bonchev–Trinajstić information content (AvgIpc) is 2.95. The van der Waals surface area contributed by atoms with Gasteiger partial charge in [-0.1, -0.05) is 25.1 Å². The van der Waals surface area contributed by atoms with Crippen molar-refractivity contribution < 1.29 is 4.74 Å². The smallest absolute Gasteiger partial charge is 0.0756 e. The molecule has 2 N–H and O–H groups in total. The molecule has 0 radical (unpaired) electrons. The topological polar surface area (TPSA) is 53.1 Å². The monoisotopic (exact) mass is 259 g/mol. The van der Waals surface area contributed by atoms with Crippen LogP contribution in [0.15, 0.2) is 24.3 Å². The minimum atomic E-state index is 0.0239. The molecule has 0 saturated carbocycles. The van der Waals surface area contributed by atoms with Crippen molar-refractivity contribution in [1.82, 2.24) is 9.78 Å². The van der Waals surface area contributed by atoms with Crippen molar-refractivity contribution in [3.8, 4) is 0 Å². The molecule has 3 rings (SSSR count). The van der Waals surface area contributed by atoms with Crippen molar-refractivity contribution >= 4 is 10.9 Å². The van der Waals surface area contributed by atoms with Gasteiger partial charge < -0.3 is 10.5 Å². The van der Waals surface area contributed by atoms with E-state index in [1.165, 1.54) is 5.39 Å². The highest BCUT2D eigenvalue weighted by Crippen LogP contribution is 2.25. The Kier molecular flexibility index (Phi) is 3.29. The summed E-state index contributed by atoms with van der Waals surface area (Å²) in [6.07, 6.45) is 2.05. The summed E-state index contributed by atoms with van der Waals surface area (Å²) in [6, 6.07) is 8.31. The Morgan fingerprint density at radius 1 is 1.47 bits per heavy atom. The van der Waals surface area contributed by atoms with Crippen LogP contribution in [0.25, 0.3) is 10.9 Å². The molecule has 2 aromatic rings. The first-order chi connectivity index (χ1) is 9.16. The number of nitrogens with zero attached hydrogens (tertiary/aromatic N) is 2. The van der Waals surface area contributed by atoms with Gasteiger partial charge in [0.05, 0.1) is 17.3 Å². The molecule has 0 bridgehead atoms. The van der Waals surface area contributed by atoms with Crippen molar-refractivity contribution in [2.45, 2.75) is 31.9 Å². The zero-order chi connectivity index (χ0) is 13.4. The maximum atomic E-state index is 6.33. The summed E-state index contributed by atoms with van der Waals surface area (Å²) in [6.45, 7) is 3.05. The zero-order valence-electron chi connectivity index (χ0n) is 11.5. The molecule has 1 saturated heterocycles. The SMILES string of the molecule is CC1CCOC1C(N)Cc1nn(C)c2ccccc12. The van der Waals surface area contributed by atoms with E-state index in [1.807, 2.05) is 23.9 Å². The van der Waals surface area contributed by atoms with E-state index in [0.717, 1.165) is 30.7 Å². The Bertz CT molecular complexity index is 578. The van der Waals surface area contributed by atoms with Gasteiger partial charge in [0.1, 0.15) is 0 Å². The molecule has 3 atom stereocenters. The largest absolute Gasteiger partial charge is 0.376 e. The summed E-state index contributed by atoms with van der Waals surface area (Å²) in [5, 5.41) is 5.81. The maximum Gasteiger partial charge on any atom is 0.0756 e. The third-order valence-corrected chi connectivity index (χ3v) is 4.13. The van der Waals surface area contributed by atoms with Crippen molar-refractivity contribution in [3.63, 3.8) is 0 Å². The minimum absolute atomic E-state index is 0.0239. The van der Waals surface area contributed by atoms with E-state index in [4.69, 9.17) is 10.5 Å². The highest BCUT2D eigenvalue weighted by Gasteiger charge is 2.30. The second-order valence-electron chi connectivity index (χ2n) is 5.56. The lowest BCUT2D eigenvalue weighted by Crippen LogP contribution is -2.39. The molecule has 4 nitrogen and oxygen atoms in total. The number of para-hydroxylation sites is 1. The summed E-state index contributed by atoms with van der Waals surface area (Å²) in [7, 11) is 1.98. The number of benzene rings is 1. The lowest BCUT2D eigenvalue weighted by atomic mass is 9.94. The third-order valence-electron chi connectivity index (χ3n) is 4.13. The zero-order valence-corrected chi connectivity index (χ0v) is 11.5. The van der Waals surface area contributed by atoms with E-state index in [9.17, 15) is 0 Å². The standard InChI is InChI=1S/C15H21N3O/c1-10-7-8-19-15(10)12(16)9-13-11-5-3-4-6-14(11)18(2)17-13/h3-6,10,12,15H,7-9,16H2,1-2H3. The maximum absolute atomic E-state index is 6.33. The molecular weight excluding hydrogens is 238 g/mol. The molecule has 0 aliphatic carbocycles. The number of hydrogen-bond donors (Lipinski definition) is 1. The van der Waals surface area contributed by atoms with Crippen molar-refractivity contribution in [1.29, 1.82) is 0 Å². The minimum Gasteiger partial charge on any atom is -0.376 e. The van der Waals surface area contributed by atoms with Gasteiger partial charge >= 0.3 is 0 Å². The van der Waals surface area contributed by atoms with Gasteiger partial charge in [-0.25, -0.2) is 0 Å². The van der Waals surface area contributed by atoms with E-state index in [1.54, 1.807) is 0 Å². The van der Waals surface area contributed by atoms with Crippen LogP contribution >= 0.6 is 0 Å². The van der Waals surface area contributed by atoms with Crippen LogP contribution in [-0.4, -0.2) is 28.5 Å². The number of nitrogens with two attached hydrogens (primary N) is 1. The number of fused-ring (bicyclic) bond motifs is 1. The molecule has 0 spiro atoms. The second-order valence-corrected chi connectivity index (χ2v) is 5.56. The predicted molar refractivity (Wildman–Crippen MR) is 75.9 cm³/mol. The first-order valence-electron chi connectivity index (χ1n) is 6.94. The van der Waals surface area contributed by atoms with Crippen molar-refractivity contribution in [3.05, 3.63) is 30.0 Å². The van der Waals surface area contributed by atoms with Crippen LogP contribution < -0.4 is 5.73 Å². The fourth-order valence-corrected chi connectivity index (χ4v) is 3.04. The molecule has 3 unspecified atom stereocenters. The lowest BCUT2D eigenvalue weighted by molar-refractivity contribution is 0.0724. The van der Waals surface area contributed by atoms with Crippen LogP contribution in [0.1, 0.15) is 19.0 Å². The summed E-state index contributed by atoms with van der Waals surface area (Å²) < 4.78 is 7.69. The highest BCUT2D eigenvalue weighted by molar-refractivity contribution is 5.81. The quantitative estimate of drug-likeness (QED) is 0.915. The van der Waals surface area contributed by atoms with Gasteiger partial charge in [0, 0.05) is 31.5 Å². The Labute approximate surface area is 113 Å². The molecule has 1 aliphatic heterocycles. The van der Waals surface area contributed by atoms with E-state index in [0.29, 0.717) is 5.92 Å². The summed E-state index contributed by atoms with van der Waals surface area (Å²) in [4.78, 5) is 0. The number of rotatable bonds is 3. The van der Waals surface area contributed by atoms with Crippen LogP contribution in [0.4, 0.5) is 0 Å². The predicted octanol–water partition coefficient (Wildman–Crippen LogP) is 1.87. The molecule has 1 aromatic carbocycles. The van der Waals surface area contributed by atoms with Crippen LogP contribution in [-0.2, 0) is 18.2 Å².